The third-order valence-corrected chi connectivity index (χ3v) is 8.27. The van der Waals surface area contributed by atoms with Gasteiger partial charge < -0.3 is 4.74 Å². The van der Waals surface area contributed by atoms with Crippen LogP contribution in [0.1, 0.15) is 129 Å². The molecular weight excluding hydrogens is 510 g/mol. The Balaban J connectivity index is 1.35. The number of unbranched alkanes of at least 4 members (excludes halogenated alkanes) is 17. The van der Waals surface area contributed by atoms with Gasteiger partial charge in [0.05, 0.1) is 12.3 Å². The standard InChI is InChI=1S/C40H57NO/c1-3-5-6-7-8-9-10-11-12-13-14-15-16-17-18-19-20-27-32-42-40-38(35-28-23-21-24-29-35)33-37(41-4-2)34-39(40)36-30-25-22-26-31-36/h4,21-26,28-31,33-34H,3,5-20,27,32H2,1-2H3. The lowest BCUT2D eigenvalue weighted by atomic mass is 9.96. The third kappa shape index (κ3) is 13.0. The SMILES string of the molecule is CC=Nc1cc(-c2ccccc2)c(OCCCCCCCCCCCCCCCCCCCC)c(-c2ccccc2)c1. The van der Waals surface area contributed by atoms with Gasteiger partial charge in [0.25, 0.3) is 0 Å². The van der Waals surface area contributed by atoms with Crippen LogP contribution >= 0.6 is 0 Å². The van der Waals surface area contributed by atoms with Crippen LogP contribution in [0.4, 0.5) is 5.69 Å². The number of ether oxygens (including phenoxy) is 1. The Morgan fingerprint density at radius 3 is 1.29 bits per heavy atom. The van der Waals surface area contributed by atoms with Crippen LogP contribution in [0.2, 0.25) is 0 Å². The molecule has 0 saturated heterocycles. The molecule has 0 aromatic heterocycles. The highest BCUT2D eigenvalue weighted by Gasteiger charge is 2.16. The van der Waals surface area contributed by atoms with Gasteiger partial charge in [-0.2, -0.15) is 0 Å². The van der Waals surface area contributed by atoms with Crippen molar-refractivity contribution in [1.82, 2.24) is 0 Å². The van der Waals surface area contributed by atoms with Gasteiger partial charge in [-0.1, -0.05) is 177 Å². The molecule has 0 atom stereocenters. The number of hydrogen-bond acceptors (Lipinski definition) is 2. The second-order valence-corrected chi connectivity index (χ2v) is 11.8. The highest BCUT2D eigenvalue weighted by atomic mass is 16.5. The van der Waals surface area contributed by atoms with Gasteiger partial charge in [0, 0.05) is 17.3 Å². The molecule has 0 unspecified atom stereocenters. The molecular formula is C40H57NO. The Hall–Kier alpha value is -2.87. The summed E-state index contributed by atoms with van der Waals surface area (Å²) in [6.45, 7) is 5.01. The van der Waals surface area contributed by atoms with Gasteiger partial charge in [-0.3, -0.25) is 4.99 Å². The van der Waals surface area contributed by atoms with Crippen molar-refractivity contribution >= 4 is 11.9 Å². The maximum Gasteiger partial charge on any atom is 0.135 e. The summed E-state index contributed by atoms with van der Waals surface area (Å²) in [6, 6.07) is 25.5. The summed E-state index contributed by atoms with van der Waals surface area (Å²) in [5.74, 6) is 0.967. The fourth-order valence-corrected chi connectivity index (χ4v) is 5.83. The van der Waals surface area contributed by atoms with Gasteiger partial charge in [0.15, 0.2) is 0 Å². The molecule has 3 aromatic carbocycles. The van der Waals surface area contributed by atoms with Crippen molar-refractivity contribution in [1.29, 1.82) is 0 Å². The molecule has 2 heteroatoms. The minimum atomic E-state index is 0.745. The van der Waals surface area contributed by atoms with Crippen LogP contribution in [0.25, 0.3) is 22.3 Å². The molecule has 0 fully saturated rings. The minimum absolute atomic E-state index is 0.745. The lowest BCUT2D eigenvalue weighted by molar-refractivity contribution is 0.306. The van der Waals surface area contributed by atoms with Crippen molar-refractivity contribution < 1.29 is 4.74 Å². The highest BCUT2D eigenvalue weighted by Crippen LogP contribution is 2.42. The minimum Gasteiger partial charge on any atom is -0.492 e. The molecule has 0 bridgehead atoms. The first kappa shape index (κ1) is 33.6. The van der Waals surface area contributed by atoms with Crippen LogP contribution < -0.4 is 4.74 Å². The van der Waals surface area contributed by atoms with E-state index in [0.29, 0.717) is 0 Å². The molecule has 0 aliphatic carbocycles. The Labute approximate surface area is 258 Å². The average molecular weight is 568 g/mol. The molecule has 3 aromatic rings. The second-order valence-electron chi connectivity index (χ2n) is 11.8. The van der Waals surface area contributed by atoms with E-state index in [9.17, 15) is 0 Å². The zero-order chi connectivity index (χ0) is 29.5. The first-order valence-electron chi connectivity index (χ1n) is 17.2. The molecule has 0 N–H and O–H groups in total. The van der Waals surface area contributed by atoms with Crippen molar-refractivity contribution in [3.8, 4) is 28.0 Å². The first-order valence-corrected chi connectivity index (χ1v) is 17.2. The molecule has 0 aliphatic rings. The number of hydrogen-bond donors (Lipinski definition) is 0. The maximum atomic E-state index is 6.59. The predicted octanol–water partition coefficient (Wildman–Crippen LogP) is 13.2. The number of rotatable bonds is 23. The Bertz CT molecular complexity index is 1040. The van der Waals surface area contributed by atoms with E-state index in [4.69, 9.17) is 4.74 Å². The molecule has 0 radical (unpaired) electrons. The van der Waals surface area contributed by atoms with Crippen LogP contribution in [0.15, 0.2) is 77.8 Å². The zero-order valence-electron chi connectivity index (χ0n) is 26.8. The van der Waals surface area contributed by atoms with E-state index >= 15 is 0 Å². The smallest absolute Gasteiger partial charge is 0.135 e. The Kier molecular flexibility index (Phi) is 17.4. The molecule has 42 heavy (non-hydrogen) atoms. The fourth-order valence-electron chi connectivity index (χ4n) is 5.83. The fraction of sp³-hybridized carbons (Fsp3) is 0.525. The monoisotopic (exact) mass is 567 g/mol. The van der Waals surface area contributed by atoms with Crippen molar-refractivity contribution in [3.63, 3.8) is 0 Å². The van der Waals surface area contributed by atoms with E-state index in [2.05, 4.69) is 84.7 Å². The average Bonchev–Trinajstić information content (AvgIpc) is 3.03. The highest BCUT2D eigenvalue weighted by molar-refractivity contribution is 5.86. The van der Waals surface area contributed by atoms with Crippen LogP contribution in [0, 0.1) is 0 Å². The molecule has 0 saturated carbocycles. The van der Waals surface area contributed by atoms with E-state index in [0.717, 1.165) is 46.7 Å². The zero-order valence-corrected chi connectivity index (χ0v) is 26.8. The third-order valence-electron chi connectivity index (χ3n) is 8.27. The van der Waals surface area contributed by atoms with Gasteiger partial charge in [-0.15, -0.1) is 0 Å². The number of nitrogens with zero attached hydrogens (tertiary/aromatic N) is 1. The van der Waals surface area contributed by atoms with E-state index in [1.165, 1.54) is 109 Å². The Morgan fingerprint density at radius 1 is 0.524 bits per heavy atom. The molecule has 228 valence electrons. The predicted molar refractivity (Wildman–Crippen MR) is 185 cm³/mol. The largest absolute Gasteiger partial charge is 0.492 e. The van der Waals surface area contributed by atoms with Crippen molar-refractivity contribution in [2.24, 2.45) is 4.99 Å². The topological polar surface area (TPSA) is 21.6 Å². The molecule has 0 spiro atoms. The van der Waals surface area contributed by atoms with Crippen molar-refractivity contribution in [3.05, 3.63) is 72.8 Å². The van der Waals surface area contributed by atoms with Gasteiger partial charge in [0.2, 0.25) is 0 Å². The van der Waals surface area contributed by atoms with E-state index < -0.39 is 0 Å². The Morgan fingerprint density at radius 2 is 0.905 bits per heavy atom. The van der Waals surface area contributed by atoms with E-state index in [1.54, 1.807) is 0 Å². The van der Waals surface area contributed by atoms with Crippen molar-refractivity contribution in [2.75, 3.05) is 6.61 Å². The lowest BCUT2D eigenvalue weighted by Gasteiger charge is -2.18. The molecule has 2 nitrogen and oxygen atoms in total. The summed E-state index contributed by atoms with van der Waals surface area (Å²) >= 11 is 0. The van der Waals surface area contributed by atoms with E-state index in [-0.39, 0.29) is 0 Å². The second kappa shape index (κ2) is 21.8. The summed E-state index contributed by atoms with van der Waals surface area (Å²) < 4.78 is 6.59. The quantitative estimate of drug-likeness (QED) is 0.0825. The van der Waals surface area contributed by atoms with Gasteiger partial charge >= 0.3 is 0 Å². The van der Waals surface area contributed by atoms with Gasteiger partial charge in [-0.05, 0) is 36.6 Å². The van der Waals surface area contributed by atoms with Crippen LogP contribution in [0.3, 0.4) is 0 Å². The molecule has 0 aliphatic heterocycles. The van der Waals surface area contributed by atoms with Crippen LogP contribution in [-0.4, -0.2) is 12.8 Å². The van der Waals surface area contributed by atoms with Crippen LogP contribution in [-0.2, 0) is 0 Å². The maximum absolute atomic E-state index is 6.59. The number of aliphatic imine (C=N–C) groups is 1. The van der Waals surface area contributed by atoms with Crippen LogP contribution in [0.5, 0.6) is 5.75 Å². The van der Waals surface area contributed by atoms with Crippen molar-refractivity contribution in [2.45, 2.75) is 129 Å². The molecule has 3 rings (SSSR count). The summed E-state index contributed by atoms with van der Waals surface area (Å²) in [5.41, 5.74) is 5.50. The first-order chi connectivity index (χ1) is 20.8. The number of benzene rings is 3. The van der Waals surface area contributed by atoms with Gasteiger partial charge in [0.1, 0.15) is 5.75 Å². The summed E-state index contributed by atoms with van der Waals surface area (Å²) in [7, 11) is 0. The molecule has 0 amide bonds. The summed E-state index contributed by atoms with van der Waals surface area (Å²) in [4.78, 5) is 4.63. The van der Waals surface area contributed by atoms with E-state index in [1.807, 2.05) is 13.1 Å². The lowest BCUT2D eigenvalue weighted by Crippen LogP contribution is -2.01. The molecule has 0 heterocycles. The normalized spacial score (nSPS) is 11.4. The summed E-state index contributed by atoms with van der Waals surface area (Å²) in [5, 5.41) is 0. The van der Waals surface area contributed by atoms with Gasteiger partial charge in [-0.25, -0.2) is 0 Å². The summed E-state index contributed by atoms with van der Waals surface area (Å²) in [6.07, 6.45) is 26.9.